The van der Waals surface area contributed by atoms with Gasteiger partial charge in [0, 0.05) is 18.8 Å². The van der Waals surface area contributed by atoms with Crippen LogP contribution < -0.4 is 10.6 Å². The third kappa shape index (κ3) is 2.36. The van der Waals surface area contributed by atoms with Gasteiger partial charge in [0.2, 0.25) is 0 Å². The first-order valence-electron chi connectivity index (χ1n) is 5.97. The van der Waals surface area contributed by atoms with E-state index < -0.39 is 6.10 Å². The van der Waals surface area contributed by atoms with Crippen molar-refractivity contribution in [1.29, 1.82) is 0 Å². The van der Waals surface area contributed by atoms with Crippen LogP contribution in [0.1, 0.15) is 31.4 Å². The second-order valence-electron chi connectivity index (χ2n) is 4.55. The molecule has 1 aliphatic heterocycles. The molecule has 0 spiro atoms. The van der Waals surface area contributed by atoms with Crippen LogP contribution in [0.4, 0.5) is 5.69 Å². The number of nitrogens with two attached hydrogens (primary N) is 1. The molecular weight excluding hydrogens is 200 g/mol. The molecule has 1 aliphatic rings. The number of benzene rings is 1. The highest BCUT2D eigenvalue weighted by atomic mass is 16.3. The van der Waals surface area contributed by atoms with Gasteiger partial charge in [-0.05, 0) is 37.5 Å². The Morgan fingerprint density at radius 3 is 2.25 bits per heavy atom. The van der Waals surface area contributed by atoms with Gasteiger partial charge < -0.3 is 15.7 Å². The second-order valence-corrected chi connectivity index (χ2v) is 4.55. The van der Waals surface area contributed by atoms with Crippen molar-refractivity contribution in [3.05, 3.63) is 29.8 Å². The van der Waals surface area contributed by atoms with Crippen LogP contribution in [0.3, 0.4) is 0 Å². The van der Waals surface area contributed by atoms with Gasteiger partial charge >= 0.3 is 0 Å². The summed E-state index contributed by atoms with van der Waals surface area (Å²) in [7, 11) is 0. The van der Waals surface area contributed by atoms with E-state index in [1.54, 1.807) is 6.92 Å². The zero-order chi connectivity index (χ0) is 11.5. The van der Waals surface area contributed by atoms with Crippen LogP contribution in [-0.2, 0) is 0 Å². The van der Waals surface area contributed by atoms with E-state index in [0.29, 0.717) is 0 Å². The van der Waals surface area contributed by atoms with E-state index in [1.165, 1.54) is 18.5 Å². The van der Waals surface area contributed by atoms with Gasteiger partial charge in [-0.25, -0.2) is 0 Å². The molecule has 1 aromatic carbocycles. The van der Waals surface area contributed by atoms with E-state index in [2.05, 4.69) is 17.0 Å². The van der Waals surface area contributed by atoms with Gasteiger partial charge in [0.15, 0.2) is 0 Å². The molecule has 3 heteroatoms. The van der Waals surface area contributed by atoms with Crippen molar-refractivity contribution in [3.8, 4) is 0 Å². The first-order chi connectivity index (χ1) is 7.68. The van der Waals surface area contributed by atoms with Crippen molar-refractivity contribution in [1.82, 2.24) is 0 Å². The topological polar surface area (TPSA) is 49.5 Å². The van der Waals surface area contributed by atoms with Crippen LogP contribution >= 0.6 is 0 Å². The lowest BCUT2D eigenvalue weighted by molar-refractivity contribution is 0.164. The number of rotatable bonds is 3. The van der Waals surface area contributed by atoms with Crippen LogP contribution in [0.2, 0.25) is 0 Å². The molecule has 16 heavy (non-hydrogen) atoms. The normalized spacial score (nSPS) is 19.8. The standard InChI is InChI=1S/C13H20N2O/c1-10(16)13(14)11-4-6-12(7-5-11)15-8-2-3-9-15/h4-7,10,13,16H,2-3,8-9,14H2,1H3/t10-,13-/m0/s1. The zero-order valence-corrected chi connectivity index (χ0v) is 9.76. The molecule has 0 bridgehead atoms. The predicted molar refractivity (Wildman–Crippen MR) is 66.5 cm³/mol. The fourth-order valence-corrected chi connectivity index (χ4v) is 2.16. The molecule has 0 radical (unpaired) electrons. The van der Waals surface area contributed by atoms with Crippen molar-refractivity contribution in [3.63, 3.8) is 0 Å². The Hall–Kier alpha value is -1.06. The highest BCUT2D eigenvalue weighted by Gasteiger charge is 2.14. The van der Waals surface area contributed by atoms with Gasteiger partial charge in [-0.2, -0.15) is 0 Å². The van der Waals surface area contributed by atoms with E-state index in [0.717, 1.165) is 18.7 Å². The molecule has 0 unspecified atom stereocenters. The van der Waals surface area contributed by atoms with Gasteiger partial charge in [0.25, 0.3) is 0 Å². The predicted octanol–water partition coefficient (Wildman–Crippen LogP) is 1.67. The Morgan fingerprint density at radius 2 is 1.75 bits per heavy atom. The monoisotopic (exact) mass is 220 g/mol. The summed E-state index contributed by atoms with van der Waals surface area (Å²) in [6, 6.07) is 7.95. The summed E-state index contributed by atoms with van der Waals surface area (Å²) in [5.74, 6) is 0. The van der Waals surface area contributed by atoms with Crippen molar-refractivity contribution >= 4 is 5.69 Å². The Kier molecular flexibility index (Phi) is 3.46. The molecular formula is C13H20N2O. The van der Waals surface area contributed by atoms with Crippen LogP contribution in [0.5, 0.6) is 0 Å². The molecule has 0 aromatic heterocycles. The number of hydrogen-bond acceptors (Lipinski definition) is 3. The minimum atomic E-state index is -0.502. The van der Waals surface area contributed by atoms with E-state index in [1.807, 2.05) is 12.1 Å². The van der Waals surface area contributed by atoms with Crippen LogP contribution in [-0.4, -0.2) is 24.3 Å². The Labute approximate surface area is 96.9 Å². The minimum Gasteiger partial charge on any atom is -0.391 e. The molecule has 88 valence electrons. The first-order valence-corrected chi connectivity index (χ1v) is 5.97. The van der Waals surface area contributed by atoms with Crippen molar-refractivity contribution in [2.75, 3.05) is 18.0 Å². The maximum Gasteiger partial charge on any atom is 0.0704 e. The van der Waals surface area contributed by atoms with Gasteiger partial charge in [-0.3, -0.25) is 0 Å². The molecule has 1 fully saturated rings. The molecule has 2 atom stereocenters. The molecule has 1 saturated heterocycles. The maximum atomic E-state index is 9.42. The quantitative estimate of drug-likeness (QED) is 0.814. The number of aliphatic hydroxyl groups is 1. The van der Waals surface area contributed by atoms with Gasteiger partial charge in [0.1, 0.15) is 0 Å². The fourth-order valence-electron chi connectivity index (χ4n) is 2.16. The van der Waals surface area contributed by atoms with E-state index in [-0.39, 0.29) is 6.04 Å². The SMILES string of the molecule is C[C@H](O)[C@H](N)c1ccc(N2CCCC2)cc1. The fraction of sp³-hybridized carbons (Fsp3) is 0.538. The smallest absolute Gasteiger partial charge is 0.0704 e. The van der Waals surface area contributed by atoms with Crippen LogP contribution in [0, 0.1) is 0 Å². The van der Waals surface area contributed by atoms with Crippen molar-refractivity contribution in [2.24, 2.45) is 5.73 Å². The van der Waals surface area contributed by atoms with E-state index in [4.69, 9.17) is 5.73 Å². The van der Waals surface area contributed by atoms with Crippen molar-refractivity contribution in [2.45, 2.75) is 31.9 Å². The molecule has 1 heterocycles. The maximum absolute atomic E-state index is 9.42. The summed E-state index contributed by atoms with van der Waals surface area (Å²) in [5.41, 5.74) is 8.14. The van der Waals surface area contributed by atoms with E-state index in [9.17, 15) is 5.11 Å². The third-order valence-corrected chi connectivity index (χ3v) is 3.27. The van der Waals surface area contributed by atoms with Gasteiger partial charge in [-0.1, -0.05) is 12.1 Å². The highest BCUT2D eigenvalue weighted by Crippen LogP contribution is 2.22. The lowest BCUT2D eigenvalue weighted by atomic mass is 10.0. The summed E-state index contributed by atoms with van der Waals surface area (Å²) >= 11 is 0. The largest absolute Gasteiger partial charge is 0.391 e. The number of nitrogens with zero attached hydrogens (tertiary/aromatic N) is 1. The first kappa shape index (κ1) is 11.4. The van der Waals surface area contributed by atoms with E-state index >= 15 is 0 Å². The highest BCUT2D eigenvalue weighted by molar-refractivity contribution is 5.48. The third-order valence-electron chi connectivity index (χ3n) is 3.27. The molecule has 3 nitrogen and oxygen atoms in total. The summed E-state index contributed by atoms with van der Waals surface area (Å²) in [6.07, 6.45) is 2.07. The molecule has 1 aromatic rings. The number of hydrogen-bond donors (Lipinski definition) is 2. The van der Waals surface area contributed by atoms with Crippen LogP contribution in [0.25, 0.3) is 0 Å². The van der Waals surface area contributed by atoms with Crippen LogP contribution in [0.15, 0.2) is 24.3 Å². The lowest BCUT2D eigenvalue weighted by Crippen LogP contribution is -2.23. The zero-order valence-electron chi connectivity index (χ0n) is 9.76. The average molecular weight is 220 g/mol. The Balaban J connectivity index is 2.09. The molecule has 2 rings (SSSR count). The summed E-state index contributed by atoms with van der Waals surface area (Å²) < 4.78 is 0. The minimum absolute atomic E-state index is 0.285. The molecule has 0 amide bonds. The summed E-state index contributed by atoms with van der Waals surface area (Å²) in [5, 5.41) is 9.42. The Morgan fingerprint density at radius 1 is 1.19 bits per heavy atom. The van der Waals surface area contributed by atoms with Crippen molar-refractivity contribution < 1.29 is 5.11 Å². The molecule has 0 saturated carbocycles. The number of anilines is 1. The molecule has 0 aliphatic carbocycles. The average Bonchev–Trinajstić information content (AvgIpc) is 2.81. The number of aliphatic hydroxyl groups excluding tert-OH is 1. The summed E-state index contributed by atoms with van der Waals surface area (Å²) in [6.45, 7) is 4.03. The summed E-state index contributed by atoms with van der Waals surface area (Å²) in [4.78, 5) is 2.39. The lowest BCUT2D eigenvalue weighted by Gasteiger charge is -2.20. The van der Waals surface area contributed by atoms with Gasteiger partial charge in [0.05, 0.1) is 12.1 Å². The second kappa shape index (κ2) is 4.85. The molecule has 3 N–H and O–H groups in total. The Bertz CT molecular complexity index is 307. The van der Waals surface area contributed by atoms with Gasteiger partial charge in [-0.15, -0.1) is 0 Å².